The average Bonchev–Trinajstić information content (AvgIpc) is 2.75. The molecule has 0 bridgehead atoms. The molecule has 6 heteroatoms. The van der Waals surface area contributed by atoms with Gasteiger partial charge in [-0.15, -0.1) is 6.58 Å². The van der Waals surface area contributed by atoms with Crippen LogP contribution in [-0.4, -0.2) is 37.6 Å². The fourth-order valence-electron chi connectivity index (χ4n) is 1.97. The lowest BCUT2D eigenvalue weighted by Crippen LogP contribution is -2.30. The summed E-state index contributed by atoms with van der Waals surface area (Å²) >= 11 is 0. The topological polar surface area (TPSA) is 67.9 Å². The smallest absolute Gasteiger partial charge is 0.329 e. The summed E-state index contributed by atoms with van der Waals surface area (Å²) < 4.78 is 10.4. The molecule has 3 amide bonds. The summed E-state index contributed by atoms with van der Waals surface area (Å²) in [6, 6.07) is 4.74. The molecule has 0 radical (unpaired) electrons. The maximum atomic E-state index is 12.1. The van der Waals surface area contributed by atoms with Gasteiger partial charge in [-0.2, -0.15) is 0 Å². The molecular weight excluding hydrogens is 272 g/mol. The van der Waals surface area contributed by atoms with E-state index in [9.17, 15) is 9.59 Å². The van der Waals surface area contributed by atoms with E-state index in [1.807, 2.05) is 0 Å². The third-order valence-corrected chi connectivity index (χ3v) is 3.01. The Balaban J connectivity index is 2.38. The third-order valence-electron chi connectivity index (χ3n) is 3.01. The number of hydrogen-bond acceptors (Lipinski definition) is 4. The Labute approximate surface area is 122 Å². The second kappa shape index (κ2) is 6.13. The molecular formula is C15H16N2O4. The molecule has 110 valence electrons. The SMILES string of the molecule is C=CCN1C(=O)N/C(=C/c2cc(OC)ccc2OC)C1=O. The predicted octanol–water partition coefficient (Wildman–Crippen LogP) is 1.78. The van der Waals surface area contributed by atoms with E-state index in [1.165, 1.54) is 13.2 Å². The van der Waals surface area contributed by atoms with Gasteiger partial charge in [0.15, 0.2) is 0 Å². The Kier molecular flexibility index (Phi) is 4.27. The van der Waals surface area contributed by atoms with Crippen LogP contribution in [0.1, 0.15) is 5.56 Å². The molecule has 2 rings (SSSR count). The summed E-state index contributed by atoms with van der Waals surface area (Å²) in [6.07, 6.45) is 3.05. The van der Waals surface area contributed by atoms with Crippen molar-refractivity contribution in [2.45, 2.75) is 0 Å². The largest absolute Gasteiger partial charge is 0.497 e. The maximum absolute atomic E-state index is 12.1. The zero-order valence-corrected chi connectivity index (χ0v) is 11.9. The lowest BCUT2D eigenvalue weighted by molar-refractivity contribution is -0.122. The fourth-order valence-corrected chi connectivity index (χ4v) is 1.97. The summed E-state index contributed by atoms with van der Waals surface area (Å²) in [4.78, 5) is 24.9. The van der Waals surface area contributed by atoms with Crippen LogP contribution in [0.3, 0.4) is 0 Å². The number of urea groups is 1. The Hall–Kier alpha value is -2.76. The van der Waals surface area contributed by atoms with Gasteiger partial charge < -0.3 is 14.8 Å². The van der Waals surface area contributed by atoms with Crippen molar-refractivity contribution < 1.29 is 19.1 Å². The van der Waals surface area contributed by atoms with Gasteiger partial charge in [0.1, 0.15) is 17.2 Å². The molecule has 1 aliphatic heterocycles. The van der Waals surface area contributed by atoms with Gasteiger partial charge in [-0.25, -0.2) is 4.79 Å². The minimum atomic E-state index is -0.465. The van der Waals surface area contributed by atoms with E-state index in [-0.39, 0.29) is 12.2 Å². The number of carbonyl (C=O) groups is 2. The molecule has 1 aromatic carbocycles. The van der Waals surface area contributed by atoms with Crippen LogP contribution in [0.5, 0.6) is 11.5 Å². The second-order valence-electron chi connectivity index (χ2n) is 4.30. The molecule has 6 nitrogen and oxygen atoms in total. The monoisotopic (exact) mass is 288 g/mol. The number of nitrogens with one attached hydrogen (secondary N) is 1. The van der Waals surface area contributed by atoms with Crippen molar-refractivity contribution in [1.82, 2.24) is 10.2 Å². The van der Waals surface area contributed by atoms with Crippen LogP contribution < -0.4 is 14.8 Å². The third kappa shape index (κ3) is 2.89. The van der Waals surface area contributed by atoms with Crippen LogP contribution in [0.25, 0.3) is 6.08 Å². The zero-order chi connectivity index (χ0) is 15.4. The van der Waals surface area contributed by atoms with Crippen molar-refractivity contribution in [2.24, 2.45) is 0 Å². The lowest BCUT2D eigenvalue weighted by Gasteiger charge is -2.08. The summed E-state index contributed by atoms with van der Waals surface area (Å²) in [5, 5.41) is 2.53. The summed E-state index contributed by atoms with van der Waals surface area (Å²) in [5.41, 5.74) is 0.828. The highest BCUT2D eigenvalue weighted by molar-refractivity contribution is 6.14. The number of benzene rings is 1. The number of rotatable bonds is 5. The second-order valence-corrected chi connectivity index (χ2v) is 4.30. The van der Waals surface area contributed by atoms with Crippen LogP contribution >= 0.6 is 0 Å². The Morgan fingerprint density at radius 1 is 1.29 bits per heavy atom. The molecule has 0 atom stereocenters. The highest BCUT2D eigenvalue weighted by Gasteiger charge is 2.32. The van der Waals surface area contributed by atoms with E-state index < -0.39 is 11.9 Å². The van der Waals surface area contributed by atoms with Crippen molar-refractivity contribution in [3.05, 3.63) is 42.1 Å². The maximum Gasteiger partial charge on any atom is 0.329 e. The molecule has 1 N–H and O–H groups in total. The number of methoxy groups -OCH3 is 2. The summed E-state index contributed by atoms with van der Waals surface area (Å²) in [7, 11) is 3.08. The van der Waals surface area contributed by atoms with Crippen LogP contribution in [0.15, 0.2) is 36.6 Å². The van der Waals surface area contributed by atoms with Crippen molar-refractivity contribution in [3.63, 3.8) is 0 Å². The van der Waals surface area contributed by atoms with Gasteiger partial charge in [0, 0.05) is 12.1 Å². The Morgan fingerprint density at radius 3 is 2.67 bits per heavy atom. The first kappa shape index (κ1) is 14.6. The summed E-state index contributed by atoms with van der Waals surface area (Å²) in [6.45, 7) is 3.69. The molecule has 1 saturated heterocycles. The molecule has 1 heterocycles. The van der Waals surface area contributed by atoms with Crippen molar-refractivity contribution >= 4 is 18.0 Å². The van der Waals surface area contributed by atoms with Gasteiger partial charge in [0.2, 0.25) is 0 Å². The van der Waals surface area contributed by atoms with Crippen LogP contribution in [0.2, 0.25) is 0 Å². The first-order valence-electron chi connectivity index (χ1n) is 6.28. The molecule has 0 unspecified atom stereocenters. The highest BCUT2D eigenvalue weighted by Crippen LogP contribution is 2.26. The zero-order valence-electron chi connectivity index (χ0n) is 11.9. The van der Waals surface area contributed by atoms with E-state index in [2.05, 4.69) is 11.9 Å². The van der Waals surface area contributed by atoms with Gasteiger partial charge in [0.25, 0.3) is 5.91 Å². The first-order valence-corrected chi connectivity index (χ1v) is 6.28. The minimum absolute atomic E-state index is 0.164. The highest BCUT2D eigenvalue weighted by atomic mass is 16.5. The molecule has 1 aromatic rings. The number of amides is 3. The molecule has 0 aliphatic carbocycles. The normalized spacial score (nSPS) is 16.1. The number of ether oxygens (including phenoxy) is 2. The number of nitrogens with zero attached hydrogens (tertiary/aromatic N) is 1. The van der Waals surface area contributed by atoms with Gasteiger partial charge in [-0.1, -0.05) is 6.08 Å². The van der Waals surface area contributed by atoms with Crippen molar-refractivity contribution in [1.29, 1.82) is 0 Å². The first-order chi connectivity index (χ1) is 10.1. The van der Waals surface area contributed by atoms with Crippen LogP contribution in [-0.2, 0) is 4.79 Å². The van der Waals surface area contributed by atoms with Crippen molar-refractivity contribution in [3.8, 4) is 11.5 Å². The Bertz CT molecular complexity index is 622. The van der Waals surface area contributed by atoms with Gasteiger partial charge >= 0.3 is 6.03 Å². The standard InChI is InChI=1S/C15H16N2O4/c1-4-7-17-14(18)12(16-15(17)19)9-10-8-11(20-2)5-6-13(10)21-3/h4-6,8-9H,1,7H2,2-3H3,(H,16,19)/b12-9+. The van der Waals surface area contributed by atoms with Crippen LogP contribution in [0.4, 0.5) is 4.79 Å². The number of hydrogen-bond donors (Lipinski definition) is 1. The van der Waals surface area contributed by atoms with Gasteiger partial charge in [0.05, 0.1) is 14.2 Å². The van der Waals surface area contributed by atoms with E-state index >= 15 is 0 Å². The van der Waals surface area contributed by atoms with E-state index in [0.717, 1.165) is 4.90 Å². The predicted molar refractivity (Wildman–Crippen MR) is 78.0 cm³/mol. The number of carbonyl (C=O) groups excluding carboxylic acids is 2. The molecule has 0 spiro atoms. The van der Waals surface area contributed by atoms with Gasteiger partial charge in [-0.05, 0) is 24.3 Å². The quantitative estimate of drug-likeness (QED) is 0.509. The molecule has 1 fully saturated rings. The molecule has 0 saturated carbocycles. The average molecular weight is 288 g/mol. The fraction of sp³-hybridized carbons (Fsp3) is 0.200. The van der Waals surface area contributed by atoms with Crippen LogP contribution in [0, 0.1) is 0 Å². The molecule has 0 aromatic heterocycles. The van der Waals surface area contributed by atoms with Gasteiger partial charge in [-0.3, -0.25) is 9.69 Å². The molecule has 21 heavy (non-hydrogen) atoms. The van der Waals surface area contributed by atoms with Crippen molar-refractivity contribution in [2.75, 3.05) is 20.8 Å². The minimum Gasteiger partial charge on any atom is -0.497 e. The van der Waals surface area contributed by atoms with E-state index in [4.69, 9.17) is 9.47 Å². The Morgan fingerprint density at radius 2 is 2.05 bits per heavy atom. The molecule has 1 aliphatic rings. The summed E-state index contributed by atoms with van der Waals surface area (Å²) in [5.74, 6) is 0.805. The lowest BCUT2D eigenvalue weighted by atomic mass is 10.1. The van der Waals surface area contributed by atoms with E-state index in [0.29, 0.717) is 17.1 Å². The van der Waals surface area contributed by atoms with E-state index in [1.54, 1.807) is 31.4 Å². The number of imide groups is 1.